The predicted molar refractivity (Wildman–Crippen MR) is 68.4 cm³/mol. The molecule has 6 atom stereocenters. The van der Waals surface area contributed by atoms with Crippen LogP contribution in [0.5, 0.6) is 0 Å². The average molecular weight is 266 g/mol. The normalized spacial score (nSPS) is 45.5. The first kappa shape index (κ1) is 13.1. The Morgan fingerprint density at radius 2 is 2.05 bits per heavy atom. The van der Waals surface area contributed by atoms with E-state index in [0.717, 1.165) is 25.7 Å². The maximum absolute atomic E-state index is 12.1. The Morgan fingerprint density at radius 1 is 1.26 bits per heavy atom. The van der Waals surface area contributed by atoms with Crippen molar-refractivity contribution in [1.82, 2.24) is 0 Å². The van der Waals surface area contributed by atoms with Gasteiger partial charge in [-0.15, -0.1) is 0 Å². The second-order valence-electron chi connectivity index (χ2n) is 6.35. The van der Waals surface area contributed by atoms with E-state index in [1.165, 1.54) is 7.11 Å². The molecule has 1 saturated heterocycles. The van der Waals surface area contributed by atoms with Crippen molar-refractivity contribution in [3.63, 3.8) is 0 Å². The van der Waals surface area contributed by atoms with Crippen molar-refractivity contribution in [3.05, 3.63) is 0 Å². The van der Waals surface area contributed by atoms with Crippen molar-refractivity contribution < 1.29 is 19.1 Å². The lowest BCUT2D eigenvalue weighted by molar-refractivity contribution is -0.183. The van der Waals surface area contributed by atoms with Crippen LogP contribution in [-0.2, 0) is 19.1 Å². The molecule has 2 saturated carbocycles. The van der Waals surface area contributed by atoms with Crippen LogP contribution >= 0.6 is 0 Å². The molecule has 1 aliphatic heterocycles. The van der Waals surface area contributed by atoms with Crippen molar-refractivity contribution >= 4 is 11.8 Å². The van der Waals surface area contributed by atoms with Crippen molar-refractivity contribution in [3.8, 4) is 0 Å². The first-order valence-corrected chi connectivity index (χ1v) is 7.35. The van der Waals surface area contributed by atoms with Crippen LogP contribution in [0.15, 0.2) is 0 Å². The minimum Gasteiger partial charge on any atom is -0.469 e. The van der Waals surface area contributed by atoms with E-state index in [1.54, 1.807) is 0 Å². The highest BCUT2D eigenvalue weighted by molar-refractivity contribution is 5.84. The third-order valence-electron chi connectivity index (χ3n) is 5.55. The van der Waals surface area contributed by atoms with E-state index in [-0.39, 0.29) is 42.2 Å². The number of esters is 1. The third kappa shape index (κ3) is 2.00. The summed E-state index contributed by atoms with van der Waals surface area (Å²) in [6.07, 6.45) is 3.86. The summed E-state index contributed by atoms with van der Waals surface area (Å²) in [5.41, 5.74) is 0. The molecule has 4 nitrogen and oxygen atoms in total. The van der Waals surface area contributed by atoms with Crippen LogP contribution in [-0.4, -0.2) is 31.6 Å². The zero-order valence-electron chi connectivity index (χ0n) is 11.6. The molecule has 106 valence electrons. The average Bonchev–Trinajstić information content (AvgIpc) is 2.43. The molecular formula is C15H22O4. The van der Waals surface area contributed by atoms with Crippen LogP contribution in [0.25, 0.3) is 0 Å². The highest BCUT2D eigenvalue weighted by Gasteiger charge is 2.54. The summed E-state index contributed by atoms with van der Waals surface area (Å²) in [7, 11) is 1.43. The molecule has 3 fully saturated rings. The van der Waals surface area contributed by atoms with Crippen LogP contribution in [0, 0.1) is 29.6 Å². The Hall–Kier alpha value is -0.900. The molecule has 3 aliphatic rings. The second-order valence-corrected chi connectivity index (χ2v) is 6.35. The number of ketones is 1. The summed E-state index contributed by atoms with van der Waals surface area (Å²) in [6, 6.07) is 0. The number of ether oxygens (including phenoxy) is 2. The maximum atomic E-state index is 12.1. The quantitative estimate of drug-likeness (QED) is 0.679. The standard InChI is InChI=1S/C15H22O4/c1-8-3-4-10-12(16)7-19-14-11(15(17)18-2)6-5-9(8)13(10)14/h8-11,13-14H,3-7H2,1-2H3/t8-,9-,10-,11+,13+,14-/m1/s1. The van der Waals surface area contributed by atoms with Gasteiger partial charge < -0.3 is 9.47 Å². The van der Waals surface area contributed by atoms with Crippen LogP contribution in [0.1, 0.15) is 32.6 Å². The first-order valence-electron chi connectivity index (χ1n) is 7.35. The minimum absolute atomic E-state index is 0.100. The Bertz CT molecular complexity index is 392. The van der Waals surface area contributed by atoms with E-state index >= 15 is 0 Å². The van der Waals surface area contributed by atoms with Gasteiger partial charge in [-0.2, -0.15) is 0 Å². The van der Waals surface area contributed by atoms with Crippen molar-refractivity contribution in [1.29, 1.82) is 0 Å². The van der Waals surface area contributed by atoms with Crippen molar-refractivity contribution in [2.75, 3.05) is 13.7 Å². The van der Waals surface area contributed by atoms with Crippen LogP contribution in [0.2, 0.25) is 0 Å². The number of carbonyl (C=O) groups is 2. The largest absolute Gasteiger partial charge is 0.469 e. The number of rotatable bonds is 1. The fourth-order valence-corrected chi connectivity index (χ4v) is 4.57. The Morgan fingerprint density at radius 3 is 2.79 bits per heavy atom. The molecule has 0 amide bonds. The maximum Gasteiger partial charge on any atom is 0.311 e. The molecule has 0 bridgehead atoms. The third-order valence-corrected chi connectivity index (χ3v) is 5.55. The molecular weight excluding hydrogens is 244 g/mol. The van der Waals surface area contributed by atoms with E-state index < -0.39 is 0 Å². The summed E-state index contributed by atoms with van der Waals surface area (Å²) in [6.45, 7) is 2.45. The van der Waals surface area contributed by atoms with E-state index in [1.807, 2.05) is 0 Å². The number of hydrogen-bond donors (Lipinski definition) is 0. The molecule has 0 aromatic rings. The molecule has 4 heteroatoms. The summed E-state index contributed by atoms with van der Waals surface area (Å²) < 4.78 is 10.7. The monoisotopic (exact) mass is 266 g/mol. The van der Waals surface area contributed by atoms with Gasteiger partial charge in [-0.05, 0) is 43.4 Å². The zero-order chi connectivity index (χ0) is 13.6. The lowest BCUT2D eigenvalue weighted by atomic mass is 9.56. The summed E-state index contributed by atoms with van der Waals surface area (Å²) in [5, 5.41) is 0. The summed E-state index contributed by atoms with van der Waals surface area (Å²) in [4.78, 5) is 24.0. The van der Waals surface area contributed by atoms with E-state index in [0.29, 0.717) is 11.8 Å². The van der Waals surface area contributed by atoms with Gasteiger partial charge in [-0.3, -0.25) is 9.59 Å². The molecule has 1 heterocycles. The smallest absolute Gasteiger partial charge is 0.311 e. The van der Waals surface area contributed by atoms with Gasteiger partial charge in [0, 0.05) is 5.92 Å². The van der Waals surface area contributed by atoms with Crippen molar-refractivity contribution in [2.45, 2.75) is 38.7 Å². The number of hydrogen-bond acceptors (Lipinski definition) is 4. The topological polar surface area (TPSA) is 52.6 Å². The van der Waals surface area contributed by atoms with Gasteiger partial charge in [0.05, 0.1) is 19.1 Å². The van der Waals surface area contributed by atoms with Gasteiger partial charge in [0.2, 0.25) is 0 Å². The molecule has 0 N–H and O–H groups in total. The van der Waals surface area contributed by atoms with E-state index in [9.17, 15) is 9.59 Å². The molecule has 0 unspecified atom stereocenters. The Balaban J connectivity index is 1.89. The van der Waals surface area contributed by atoms with Crippen LogP contribution in [0.3, 0.4) is 0 Å². The van der Waals surface area contributed by atoms with Crippen LogP contribution < -0.4 is 0 Å². The highest BCUT2D eigenvalue weighted by Crippen LogP contribution is 2.51. The highest BCUT2D eigenvalue weighted by atomic mass is 16.5. The van der Waals surface area contributed by atoms with Gasteiger partial charge in [-0.25, -0.2) is 0 Å². The van der Waals surface area contributed by atoms with E-state index in [2.05, 4.69) is 6.92 Å². The molecule has 0 aromatic carbocycles. The number of Topliss-reactive ketones (excluding diaryl/α,β-unsaturated/α-hetero) is 1. The van der Waals surface area contributed by atoms with Gasteiger partial charge in [-0.1, -0.05) is 6.92 Å². The first-order chi connectivity index (χ1) is 9.13. The Labute approximate surface area is 113 Å². The lowest BCUT2D eigenvalue weighted by Gasteiger charge is -2.52. The number of methoxy groups -OCH3 is 1. The molecule has 0 spiro atoms. The van der Waals surface area contributed by atoms with Gasteiger partial charge in [0.25, 0.3) is 0 Å². The molecule has 0 radical (unpaired) electrons. The fraction of sp³-hybridized carbons (Fsp3) is 0.867. The van der Waals surface area contributed by atoms with Gasteiger partial charge in [0.15, 0.2) is 5.78 Å². The summed E-state index contributed by atoms with van der Waals surface area (Å²) in [5.74, 6) is 1.42. The second kappa shape index (κ2) is 4.89. The van der Waals surface area contributed by atoms with Gasteiger partial charge >= 0.3 is 5.97 Å². The summed E-state index contributed by atoms with van der Waals surface area (Å²) >= 11 is 0. The van der Waals surface area contributed by atoms with Gasteiger partial charge in [0.1, 0.15) is 6.61 Å². The predicted octanol–water partition coefficient (Wildman–Crippen LogP) is 1.82. The van der Waals surface area contributed by atoms with Crippen LogP contribution in [0.4, 0.5) is 0 Å². The molecule has 19 heavy (non-hydrogen) atoms. The Kier molecular flexibility index (Phi) is 3.37. The SMILES string of the molecule is COC(=O)[C@H]1CC[C@H]2[C@@H]3[C@@H]1OCC(=O)[C@H]3CC[C@H]2C. The zero-order valence-corrected chi connectivity index (χ0v) is 11.6. The fourth-order valence-electron chi connectivity index (χ4n) is 4.57. The van der Waals surface area contributed by atoms with E-state index in [4.69, 9.17) is 9.47 Å². The molecule has 2 aliphatic carbocycles. The van der Waals surface area contributed by atoms with Crippen molar-refractivity contribution in [2.24, 2.45) is 29.6 Å². The minimum atomic E-state index is -0.174. The lowest BCUT2D eigenvalue weighted by Crippen LogP contribution is -2.56. The molecule has 0 aromatic heterocycles. The number of carbonyl (C=O) groups excluding carboxylic acids is 2. The molecule has 3 rings (SSSR count).